The van der Waals surface area contributed by atoms with Gasteiger partial charge in [0.2, 0.25) is 0 Å². The molecule has 44 heavy (non-hydrogen) atoms. The second-order valence-electron chi connectivity index (χ2n) is 10.8. The molecule has 0 aliphatic heterocycles. The molecule has 3 heterocycles. The van der Waals surface area contributed by atoms with Gasteiger partial charge in [0.1, 0.15) is 5.82 Å². The molecule has 0 aliphatic rings. The average molecular weight is 750 g/mol. The van der Waals surface area contributed by atoms with Gasteiger partial charge in [-0.1, -0.05) is 59.4 Å². The Kier molecular flexibility index (Phi) is 7.12. The second-order valence-corrected chi connectivity index (χ2v) is 10.8. The quantitative estimate of drug-likeness (QED) is 0.165. The van der Waals surface area contributed by atoms with Gasteiger partial charge in [-0.05, 0) is 60.3 Å². The summed E-state index contributed by atoms with van der Waals surface area (Å²) in [4.78, 5) is 6.99. The predicted octanol–water partition coefficient (Wildman–Crippen LogP) is 9.12. The smallest absolute Gasteiger partial charge is 0.188 e. The number of para-hydroxylation sites is 4. The van der Waals surface area contributed by atoms with E-state index in [1.54, 1.807) is 0 Å². The monoisotopic (exact) mass is 749 g/mol. The minimum atomic E-state index is 0. The average Bonchev–Trinajstić information content (AvgIpc) is 3.56. The van der Waals surface area contributed by atoms with E-state index in [0.717, 1.165) is 61.6 Å². The summed E-state index contributed by atoms with van der Waals surface area (Å²) >= 11 is 0. The van der Waals surface area contributed by atoms with Crippen LogP contribution in [0.5, 0.6) is 0 Å². The molecule has 0 N–H and O–H groups in total. The van der Waals surface area contributed by atoms with Crippen LogP contribution < -0.4 is 4.90 Å². The molecule has 0 unspecified atom stereocenters. The summed E-state index contributed by atoms with van der Waals surface area (Å²) in [5.74, 6) is 0.881. The zero-order valence-corrected chi connectivity index (χ0v) is 26.5. The van der Waals surface area contributed by atoms with Crippen molar-refractivity contribution in [1.29, 1.82) is 0 Å². The van der Waals surface area contributed by atoms with Gasteiger partial charge in [-0.15, -0.1) is 29.7 Å². The molecule has 8 aromatic rings. The van der Waals surface area contributed by atoms with E-state index in [1.807, 2.05) is 18.3 Å². The van der Waals surface area contributed by atoms with E-state index in [9.17, 15) is 0 Å². The van der Waals surface area contributed by atoms with E-state index in [1.165, 1.54) is 5.39 Å². The number of imidazole rings is 1. The Hall–Kier alpha value is -4.99. The maximum absolute atomic E-state index is 4.76. The van der Waals surface area contributed by atoms with E-state index in [2.05, 4.69) is 160 Å². The molecule has 0 saturated heterocycles. The zero-order chi connectivity index (χ0) is 28.9. The molecular weight excluding hydrogens is 722 g/mol. The molecule has 3 aromatic heterocycles. The summed E-state index contributed by atoms with van der Waals surface area (Å²) in [5, 5.41) is 2.32. The van der Waals surface area contributed by atoms with Crippen molar-refractivity contribution in [3.63, 3.8) is 0 Å². The molecule has 216 valence electrons. The van der Waals surface area contributed by atoms with Crippen LogP contribution in [0.25, 0.3) is 44.3 Å². The van der Waals surface area contributed by atoms with Gasteiger partial charge >= 0.3 is 0 Å². The van der Waals surface area contributed by atoms with Crippen molar-refractivity contribution in [3.8, 4) is 11.5 Å². The predicted molar refractivity (Wildman–Crippen MR) is 176 cm³/mol. The largest absolute Gasteiger partial charge is 0.358 e. The van der Waals surface area contributed by atoms with Crippen molar-refractivity contribution >= 4 is 49.9 Å². The normalized spacial score (nSPS) is 11.2. The van der Waals surface area contributed by atoms with Crippen LogP contribution in [0.3, 0.4) is 0 Å². The van der Waals surface area contributed by atoms with Crippen LogP contribution >= 0.6 is 0 Å². The number of hydrogen-bond acceptors (Lipinski definition) is 2. The van der Waals surface area contributed by atoms with E-state index in [-0.39, 0.29) is 21.1 Å². The molecule has 0 fully saturated rings. The van der Waals surface area contributed by atoms with Crippen molar-refractivity contribution in [3.05, 3.63) is 152 Å². The first-order valence-corrected chi connectivity index (χ1v) is 14.4. The number of pyridine rings is 1. The molecule has 0 bridgehead atoms. The number of benzene rings is 5. The molecule has 0 atom stereocenters. The third kappa shape index (κ3) is 4.61. The van der Waals surface area contributed by atoms with Crippen LogP contribution in [0.2, 0.25) is 0 Å². The zero-order valence-electron chi connectivity index (χ0n) is 24.3. The fourth-order valence-corrected chi connectivity index (χ4v) is 6.05. The minimum Gasteiger partial charge on any atom is -0.358 e. The Morgan fingerprint density at radius 1 is 0.682 bits per heavy atom. The molecule has 0 spiro atoms. The summed E-state index contributed by atoms with van der Waals surface area (Å²) in [6.45, 7) is 2.10. The fraction of sp³-hybridized carbons (Fsp3) is 0.0526. The van der Waals surface area contributed by atoms with Crippen molar-refractivity contribution in [1.82, 2.24) is 18.7 Å². The van der Waals surface area contributed by atoms with Gasteiger partial charge in [0.05, 0.1) is 0 Å². The number of aromatic nitrogens is 4. The molecule has 0 saturated carbocycles. The van der Waals surface area contributed by atoms with E-state index in [0.29, 0.717) is 0 Å². The van der Waals surface area contributed by atoms with E-state index in [4.69, 9.17) is 4.98 Å². The molecule has 0 radical (unpaired) electrons. The topological polar surface area (TPSA) is 30.9 Å². The maximum atomic E-state index is 4.76. The SMILES string of the molecule is Cc1ccnc(-n2c3[c-]c(N(c4[c-]c(-n5[cH+]n(C)c6ccccc65)ccc4)c4ccccc4)ccc3c3ccccc32)c1.[Pt]. The summed E-state index contributed by atoms with van der Waals surface area (Å²) in [7, 11) is 2.07. The third-order valence-corrected chi connectivity index (χ3v) is 8.03. The van der Waals surface area contributed by atoms with Gasteiger partial charge in [-0.25, -0.2) is 14.1 Å². The molecule has 0 amide bonds. The Morgan fingerprint density at radius 2 is 1.41 bits per heavy atom. The van der Waals surface area contributed by atoms with Crippen LogP contribution in [0.1, 0.15) is 5.56 Å². The van der Waals surface area contributed by atoms with Gasteiger partial charge in [0.15, 0.2) is 17.4 Å². The van der Waals surface area contributed by atoms with Crippen molar-refractivity contribution in [2.45, 2.75) is 6.92 Å². The number of aryl methyl sites for hydroxylation is 2. The summed E-state index contributed by atoms with van der Waals surface area (Å²) in [6.07, 6.45) is 3.98. The Balaban J connectivity index is 0.00000312. The first kappa shape index (κ1) is 27.8. The molecule has 0 aliphatic carbocycles. The van der Waals surface area contributed by atoms with Gasteiger partial charge in [0, 0.05) is 63.3 Å². The Bertz CT molecular complexity index is 2280. The first-order valence-electron chi connectivity index (χ1n) is 14.4. The number of rotatable bonds is 5. The summed E-state index contributed by atoms with van der Waals surface area (Å²) in [5.41, 5.74) is 9.40. The molecule has 5 aromatic carbocycles. The fourth-order valence-electron chi connectivity index (χ4n) is 6.05. The van der Waals surface area contributed by atoms with Gasteiger partial charge in [-0.2, -0.15) is 12.1 Å². The van der Waals surface area contributed by atoms with Crippen molar-refractivity contribution in [2.24, 2.45) is 7.05 Å². The van der Waals surface area contributed by atoms with Crippen LogP contribution in [-0.4, -0.2) is 18.7 Å². The minimum absolute atomic E-state index is 0. The van der Waals surface area contributed by atoms with Crippen LogP contribution in [0.15, 0.2) is 134 Å². The number of nitrogens with zero attached hydrogens (tertiary/aromatic N) is 5. The maximum Gasteiger partial charge on any atom is 0.188 e. The number of anilines is 3. The molecular formula is C38H28N5Pt-. The van der Waals surface area contributed by atoms with Crippen molar-refractivity contribution < 1.29 is 21.1 Å². The van der Waals surface area contributed by atoms with Crippen LogP contribution in [-0.2, 0) is 28.1 Å². The summed E-state index contributed by atoms with van der Waals surface area (Å²) in [6, 6.07) is 49.7. The van der Waals surface area contributed by atoms with Crippen LogP contribution in [0, 0.1) is 19.1 Å². The van der Waals surface area contributed by atoms with Gasteiger partial charge < -0.3 is 9.47 Å². The number of fused-ring (bicyclic) bond motifs is 4. The van der Waals surface area contributed by atoms with Crippen molar-refractivity contribution in [2.75, 3.05) is 4.90 Å². The third-order valence-electron chi connectivity index (χ3n) is 8.03. The molecule has 5 nitrogen and oxygen atoms in total. The standard InChI is InChI=1S/C38H28N5.Pt/c1-27-21-22-39-38(23-27)43-34-16-7-6-15-32(34)33-20-19-31(25-37(33)43)42(28-11-4-3-5-12-28)30-14-10-13-29(24-30)41-26-40(2)35-17-8-9-18-36(35)41;/h3-23,26H,1-2H3;/q-1;. The second kappa shape index (κ2) is 11.3. The van der Waals surface area contributed by atoms with Gasteiger partial charge in [-0.3, -0.25) is 0 Å². The summed E-state index contributed by atoms with van der Waals surface area (Å²) < 4.78 is 6.55. The van der Waals surface area contributed by atoms with E-state index < -0.39 is 0 Å². The number of hydrogen-bond donors (Lipinski definition) is 0. The molecule has 6 heteroatoms. The van der Waals surface area contributed by atoms with Crippen LogP contribution in [0.4, 0.5) is 17.1 Å². The Morgan fingerprint density at radius 3 is 2.23 bits per heavy atom. The van der Waals surface area contributed by atoms with E-state index >= 15 is 0 Å². The first-order chi connectivity index (χ1) is 21.2. The Labute approximate surface area is 270 Å². The molecule has 8 rings (SSSR count). The van der Waals surface area contributed by atoms with Gasteiger partial charge in [0.25, 0.3) is 0 Å².